The van der Waals surface area contributed by atoms with Crippen molar-refractivity contribution in [1.29, 1.82) is 0 Å². The van der Waals surface area contributed by atoms with Crippen molar-refractivity contribution in [3.8, 4) is 0 Å². The Morgan fingerprint density at radius 2 is 1.73 bits per heavy atom. The minimum atomic E-state index is -3.51. The number of ketones is 1. The lowest BCUT2D eigenvalue weighted by atomic mass is 10.0. The molecule has 1 amide bonds. The van der Waals surface area contributed by atoms with Crippen molar-refractivity contribution in [3.05, 3.63) is 29.6 Å². The van der Waals surface area contributed by atoms with Crippen LogP contribution in [-0.4, -0.2) is 38.5 Å². The second-order valence-corrected chi connectivity index (χ2v) is 7.67. The zero-order valence-corrected chi connectivity index (χ0v) is 16.0. The summed E-state index contributed by atoms with van der Waals surface area (Å²) in [4.78, 5) is 31.7. The van der Waals surface area contributed by atoms with Gasteiger partial charge in [0, 0.05) is 31.7 Å². The molecule has 0 aliphatic carbocycles. The van der Waals surface area contributed by atoms with Crippen LogP contribution in [0, 0.1) is 0 Å². The number of carbonyl (C=O) groups excluding carboxylic acids is 2. The largest absolute Gasteiger partial charge is 0.299 e. The van der Waals surface area contributed by atoms with Gasteiger partial charge in [-0.2, -0.15) is 8.42 Å². The molecule has 146 valence electrons. The third-order valence-electron chi connectivity index (χ3n) is 3.52. The molecule has 0 radical (unpaired) electrons. The van der Waals surface area contributed by atoms with E-state index in [1.807, 2.05) is 0 Å². The summed E-state index contributed by atoms with van der Waals surface area (Å²) < 4.78 is 26.7. The number of pyridine rings is 1. The average molecular weight is 386 g/mol. The van der Waals surface area contributed by atoms with Crippen molar-refractivity contribution in [2.24, 2.45) is 0 Å². The van der Waals surface area contributed by atoms with Gasteiger partial charge in [0.2, 0.25) is 5.91 Å². The molecule has 8 nitrogen and oxygen atoms in total. The highest BCUT2D eigenvalue weighted by Crippen LogP contribution is 2.10. The van der Waals surface area contributed by atoms with E-state index in [1.54, 1.807) is 12.3 Å². The quantitative estimate of drug-likeness (QED) is 0.312. The van der Waals surface area contributed by atoms with E-state index in [4.69, 9.17) is 4.18 Å². The van der Waals surface area contributed by atoms with Crippen molar-refractivity contribution >= 4 is 21.8 Å². The SMILES string of the molecule is CONC(=O)CCCCCCC(=O)Cc1cncc(COS(C)(=O)=O)c1. The number of aromatic nitrogens is 1. The molecule has 0 aliphatic rings. The fourth-order valence-electron chi connectivity index (χ4n) is 2.33. The van der Waals surface area contributed by atoms with E-state index in [9.17, 15) is 18.0 Å². The molecule has 1 aromatic rings. The summed E-state index contributed by atoms with van der Waals surface area (Å²) in [5, 5.41) is 0. The Kier molecular flexibility index (Phi) is 10.0. The van der Waals surface area contributed by atoms with Crippen LogP contribution in [0.3, 0.4) is 0 Å². The van der Waals surface area contributed by atoms with Crippen molar-refractivity contribution in [3.63, 3.8) is 0 Å². The number of nitrogens with one attached hydrogen (secondary N) is 1. The molecule has 1 N–H and O–H groups in total. The second-order valence-electron chi connectivity index (χ2n) is 6.03. The number of hydrogen-bond donors (Lipinski definition) is 1. The van der Waals surface area contributed by atoms with Gasteiger partial charge in [-0.15, -0.1) is 0 Å². The Morgan fingerprint density at radius 1 is 1.08 bits per heavy atom. The van der Waals surface area contributed by atoms with Gasteiger partial charge >= 0.3 is 0 Å². The first-order valence-corrected chi connectivity index (χ1v) is 10.2. The van der Waals surface area contributed by atoms with E-state index in [-0.39, 0.29) is 24.7 Å². The molecule has 0 spiro atoms. The smallest absolute Gasteiger partial charge is 0.264 e. The molecule has 1 aromatic heterocycles. The lowest BCUT2D eigenvalue weighted by Gasteiger charge is -2.05. The summed E-state index contributed by atoms with van der Waals surface area (Å²) in [7, 11) is -2.12. The molecular formula is C17H26N2O6S. The van der Waals surface area contributed by atoms with Gasteiger partial charge in [0.1, 0.15) is 5.78 Å². The van der Waals surface area contributed by atoms with Crippen molar-refractivity contribution < 1.29 is 27.0 Å². The summed E-state index contributed by atoms with van der Waals surface area (Å²) in [5.74, 6) is -0.0408. The number of nitrogens with zero attached hydrogens (tertiary/aromatic N) is 1. The Labute approximate surface area is 154 Å². The Bertz CT molecular complexity index is 690. The number of amides is 1. The maximum absolute atomic E-state index is 12.0. The Morgan fingerprint density at radius 3 is 2.38 bits per heavy atom. The maximum atomic E-state index is 12.0. The molecule has 0 aromatic carbocycles. The first kappa shape index (κ1) is 22.2. The maximum Gasteiger partial charge on any atom is 0.264 e. The third-order valence-corrected chi connectivity index (χ3v) is 4.06. The number of unbranched alkanes of at least 4 members (excludes halogenated alkanes) is 3. The van der Waals surface area contributed by atoms with E-state index in [0.717, 1.165) is 37.5 Å². The molecule has 0 saturated carbocycles. The molecule has 9 heteroatoms. The fraction of sp³-hybridized carbons (Fsp3) is 0.588. The summed E-state index contributed by atoms with van der Waals surface area (Å²) in [6, 6.07) is 1.73. The van der Waals surface area contributed by atoms with Crippen molar-refractivity contribution in [2.45, 2.75) is 51.6 Å². The van der Waals surface area contributed by atoms with Gasteiger partial charge in [0.25, 0.3) is 10.1 Å². The molecule has 0 aliphatic heterocycles. The molecule has 0 bridgehead atoms. The number of hydrogen-bond acceptors (Lipinski definition) is 7. The van der Waals surface area contributed by atoms with Crippen LogP contribution in [-0.2, 0) is 41.8 Å². The van der Waals surface area contributed by atoms with Gasteiger partial charge in [0.05, 0.1) is 20.0 Å². The molecule has 26 heavy (non-hydrogen) atoms. The highest BCUT2D eigenvalue weighted by Gasteiger charge is 2.07. The zero-order valence-electron chi connectivity index (χ0n) is 15.2. The van der Waals surface area contributed by atoms with Crippen LogP contribution in [0.1, 0.15) is 49.7 Å². The van der Waals surface area contributed by atoms with E-state index >= 15 is 0 Å². The molecule has 0 unspecified atom stereocenters. The zero-order chi connectivity index (χ0) is 19.4. The van der Waals surface area contributed by atoms with Gasteiger partial charge in [-0.3, -0.25) is 23.6 Å². The van der Waals surface area contributed by atoms with Gasteiger partial charge in [-0.25, -0.2) is 5.48 Å². The van der Waals surface area contributed by atoms with Crippen molar-refractivity contribution in [2.75, 3.05) is 13.4 Å². The Hall–Kier alpha value is -1.84. The Balaban J connectivity index is 2.25. The van der Waals surface area contributed by atoms with Crippen LogP contribution in [0.15, 0.2) is 18.5 Å². The molecule has 0 atom stereocenters. The minimum Gasteiger partial charge on any atom is -0.299 e. The van der Waals surface area contributed by atoms with Crippen LogP contribution < -0.4 is 5.48 Å². The summed E-state index contributed by atoms with van der Waals surface area (Å²) in [6.45, 7) is -0.0927. The monoisotopic (exact) mass is 386 g/mol. The van der Waals surface area contributed by atoms with E-state index in [0.29, 0.717) is 18.4 Å². The number of Topliss-reactive ketones (excluding diaryl/α,β-unsaturated/α-hetero) is 1. The van der Waals surface area contributed by atoms with E-state index in [1.165, 1.54) is 13.3 Å². The van der Waals surface area contributed by atoms with Crippen molar-refractivity contribution in [1.82, 2.24) is 10.5 Å². The first-order valence-electron chi connectivity index (χ1n) is 8.41. The number of rotatable bonds is 13. The second kappa shape index (κ2) is 11.7. The number of carbonyl (C=O) groups is 2. The van der Waals surface area contributed by atoms with E-state index < -0.39 is 10.1 Å². The molecule has 1 rings (SSSR count). The minimum absolute atomic E-state index is 0.0927. The van der Waals surface area contributed by atoms with Gasteiger partial charge in [-0.05, 0) is 30.0 Å². The lowest BCUT2D eigenvalue weighted by molar-refractivity contribution is -0.131. The van der Waals surface area contributed by atoms with Crippen LogP contribution in [0.25, 0.3) is 0 Å². The molecule has 0 saturated heterocycles. The number of hydroxylamine groups is 1. The topological polar surface area (TPSA) is 112 Å². The molecule has 1 heterocycles. The van der Waals surface area contributed by atoms with E-state index in [2.05, 4.69) is 15.3 Å². The predicted molar refractivity (Wildman–Crippen MR) is 95.4 cm³/mol. The summed E-state index contributed by atoms with van der Waals surface area (Å²) in [6.07, 6.45) is 8.52. The van der Waals surface area contributed by atoms with Gasteiger partial charge in [0.15, 0.2) is 0 Å². The summed E-state index contributed by atoms with van der Waals surface area (Å²) >= 11 is 0. The van der Waals surface area contributed by atoms with Gasteiger partial charge < -0.3 is 0 Å². The van der Waals surface area contributed by atoms with Crippen LogP contribution in [0.5, 0.6) is 0 Å². The average Bonchev–Trinajstić information content (AvgIpc) is 2.56. The van der Waals surface area contributed by atoms with Crippen LogP contribution >= 0.6 is 0 Å². The highest BCUT2D eigenvalue weighted by atomic mass is 32.2. The standard InChI is InChI=1S/C17H26N2O6S/c1-24-19-17(21)8-6-4-3-5-7-16(20)10-14-9-15(12-18-11-14)13-25-26(2,22)23/h9,11-12H,3-8,10,13H2,1-2H3,(H,19,21). The lowest BCUT2D eigenvalue weighted by Crippen LogP contribution is -2.21. The fourth-order valence-corrected chi connectivity index (χ4v) is 2.68. The first-order chi connectivity index (χ1) is 12.3. The molecule has 0 fully saturated rings. The normalized spacial score (nSPS) is 11.3. The third kappa shape index (κ3) is 10.9. The summed E-state index contributed by atoms with van der Waals surface area (Å²) in [5.41, 5.74) is 3.61. The van der Waals surface area contributed by atoms with Crippen LogP contribution in [0.2, 0.25) is 0 Å². The predicted octanol–water partition coefficient (Wildman–Crippen LogP) is 1.69. The highest BCUT2D eigenvalue weighted by molar-refractivity contribution is 7.85. The van der Waals surface area contributed by atoms with Crippen LogP contribution in [0.4, 0.5) is 0 Å². The van der Waals surface area contributed by atoms with Gasteiger partial charge in [-0.1, -0.05) is 12.8 Å². The molecular weight excluding hydrogens is 360 g/mol.